The number of methoxy groups -OCH3 is 1. The average Bonchev–Trinajstić information content (AvgIpc) is 2.44. The van der Waals surface area contributed by atoms with E-state index in [4.69, 9.17) is 4.74 Å². The van der Waals surface area contributed by atoms with Gasteiger partial charge in [0.15, 0.2) is 0 Å². The van der Waals surface area contributed by atoms with Crippen molar-refractivity contribution in [3.05, 3.63) is 29.8 Å². The van der Waals surface area contributed by atoms with Crippen LogP contribution >= 0.6 is 0 Å². The zero-order valence-corrected chi connectivity index (χ0v) is 11.8. The van der Waals surface area contributed by atoms with E-state index in [1.165, 1.54) is 12.7 Å². The second-order valence-electron chi connectivity index (χ2n) is 4.35. The SMILES string of the molecule is CCCNCc1cccc(OCCCC(=O)OC)c1. The number of hydrogen-bond donors (Lipinski definition) is 1. The summed E-state index contributed by atoms with van der Waals surface area (Å²) >= 11 is 0. The fourth-order valence-corrected chi connectivity index (χ4v) is 1.66. The van der Waals surface area contributed by atoms with Gasteiger partial charge in [-0.25, -0.2) is 0 Å². The van der Waals surface area contributed by atoms with E-state index in [1.807, 2.05) is 18.2 Å². The van der Waals surface area contributed by atoms with Gasteiger partial charge in [-0.05, 0) is 37.1 Å². The minimum atomic E-state index is -0.193. The molecule has 0 saturated heterocycles. The Kier molecular flexibility index (Phi) is 7.66. The highest BCUT2D eigenvalue weighted by molar-refractivity contribution is 5.69. The zero-order valence-electron chi connectivity index (χ0n) is 11.8. The largest absolute Gasteiger partial charge is 0.494 e. The maximum absolute atomic E-state index is 10.9. The van der Waals surface area contributed by atoms with Crippen LogP contribution in [0.25, 0.3) is 0 Å². The zero-order chi connectivity index (χ0) is 13.9. The lowest BCUT2D eigenvalue weighted by Crippen LogP contribution is -2.13. The molecule has 0 aliphatic rings. The molecule has 0 amide bonds. The molecule has 0 aliphatic heterocycles. The van der Waals surface area contributed by atoms with Gasteiger partial charge in [-0.1, -0.05) is 19.1 Å². The highest BCUT2D eigenvalue weighted by Gasteiger charge is 2.01. The molecule has 4 nitrogen and oxygen atoms in total. The number of carbonyl (C=O) groups is 1. The van der Waals surface area contributed by atoms with Gasteiger partial charge in [0.05, 0.1) is 13.7 Å². The lowest BCUT2D eigenvalue weighted by Gasteiger charge is -2.08. The molecule has 1 aromatic carbocycles. The van der Waals surface area contributed by atoms with Gasteiger partial charge in [-0.15, -0.1) is 0 Å². The molecule has 1 aromatic rings. The van der Waals surface area contributed by atoms with Gasteiger partial charge in [0, 0.05) is 13.0 Å². The minimum Gasteiger partial charge on any atom is -0.494 e. The summed E-state index contributed by atoms with van der Waals surface area (Å²) in [5.74, 6) is 0.654. The molecule has 0 radical (unpaired) electrons. The van der Waals surface area contributed by atoms with Crippen molar-refractivity contribution in [2.24, 2.45) is 0 Å². The third kappa shape index (κ3) is 6.82. The van der Waals surface area contributed by atoms with Crippen LogP contribution in [-0.4, -0.2) is 26.2 Å². The summed E-state index contributed by atoms with van der Waals surface area (Å²) in [6.07, 6.45) is 2.20. The first-order valence-corrected chi connectivity index (χ1v) is 6.75. The van der Waals surface area contributed by atoms with Crippen LogP contribution in [-0.2, 0) is 16.1 Å². The van der Waals surface area contributed by atoms with Gasteiger partial charge in [-0.3, -0.25) is 4.79 Å². The molecule has 0 spiro atoms. The predicted molar refractivity (Wildman–Crippen MR) is 75.2 cm³/mol. The van der Waals surface area contributed by atoms with Crippen molar-refractivity contribution in [2.75, 3.05) is 20.3 Å². The maximum atomic E-state index is 10.9. The summed E-state index contributed by atoms with van der Waals surface area (Å²) in [5.41, 5.74) is 1.21. The van der Waals surface area contributed by atoms with Gasteiger partial charge < -0.3 is 14.8 Å². The molecule has 0 atom stereocenters. The summed E-state index contributed by atoms with van der Waals surface area (Å²) in [5, 5.41) is 3.35. The molecule has 106 valence electrons. The van der Waals surface area contributed by atoms with E-state index in [2.05, 4.69) is 23.0 Å². The molecule has 0 heterocycles. The van der Waals surface area contributed by atoms with E-state index in [1.54, 1.807) is 0 Å². The summed E-state index contributed by atoms with van der Waals surface area (Å²) < 4.78 is 10.2. The first kappa shape index (κ1) is 15.5. The second kappa shape index (κ2) is 9.39. The van der Waals surface area contributed by atoms with Gasteiger partial charge in [0.1, 0.15) is 5.75 Å². The Morgan fingerprint density at radius 2 is 2.21 bits per heavy atom. The Hall–Kier alpha value is -1.55. The van der Waals surface area contributed by atoms with Crippen LogP contribution in [0.3, 0.4) is 0 Å². The lowest BCUT2D eigenvalue weighted by atomic mass is 10.2. The Labute approximate surface area is 115 Å². The molecule has 0 saturated carbocycles. The normalized spacial score (nSPS) is 10.2. The van der Waals surface area contributed by atoms with Crippen LogP contribution < -0.4 is 10.1 Å². The van der Waals surface area contributed by atoms with Gasteiger partial charge in [-0.2, -0.15) is 0 Å². The topological polar surface area (TPSA) is 47.6 Å². The van der Waals surface area contributed by atoms with E-state index in [0.29, 0.717) is 19.4 Å². The minimum absolute atomic E-state index is 0.193. The van der Waals surface area contributed by atoms with Crippen molar-refractivity contribution in [1.82, 2.24) is 5.32 Å². The first-order valence-electron chi connectivity index (χ1n) is 6.75. The molecule has 4 heteroatoms. The van der Waals surface area contributed by atoms with E-state index >= 15 is 0 Å². The number of esters is 1. The van der Waals surface area contributed by atoms with Crippen LogP contribution in [0.15, 0.2) is 24.3 Å². The fourth-order valence-electron chi connectivity index (χ4n) is 1.66. The number of hydrogen-bond acceptors (Lipinski definition) is 4. The van der Waals surface area contributed by atoms with Crippen molar-refractivity contribution < 1.29 is 14.3 Å². The van der Waals surface area contributed by atoms with Crippen molar-refractivity contribution >= 4 is 5.97 Å². The van der Waals surface area contributed by atoms with Gasteiger partial charge >= 0.3 is 5.97 Å². The number of carbonyl (C=O) groups excluding carboxylic acids is 1. The lowest BCUT2D eigenvalue weighted by molar-refractivity contribution is -0.140. The smallest absolute Gasteiger partial charge is 0.305 e. The predicted octanol–water partition coefficient (Wildman–Crippen LogP) is 2.52. The maximum Gasteiger partial charge on any atom is 0.305 e. The van der Waals surface area contributed by atoms with Crippen LogP contribution in [0, 0.1) is 0 Å². The van der Waals surface area contributed by atoms with E-state index in [0.717, 1.165) is 25.3 Å². The Balaban J connectivity index is 2.29. The van der Waals surface area contributed by atoms with Crippen molar-refractivity contribution in [3.63, 3.8) is 0 Å². The van der Waals surface area contributed by atoms with Crippen LogP contribution in [0.2, 0.25) is 0 Å². The number of rotatable bonds is 9. The summed E-state index contributed by atoms with van der Waals surface area (Å²) in [4.78, 5) is 10.9. The van der Waals surface area contributed by atoms with E-state index < -0.39 is 0 Å². The van der Waals surface area contributed by atoms with Crippen LogP contribution in [0.1, 0.15) is 31.7 Å². The van der Waals surface area contributed by atoms with Gasteiger partial charge in [0.2, 0.25) is 0 Å². The van der Waals surface area contributed by atoms with Crippen molar-refractivity contribution in [2.45, 2.75) is 32.7 Å². The van der Waals surface area contributed by atoms with E-state index in [9.17, 15) is 4.79 Å². The summed E-state index contributed by atoms with van der Waals surface area (Å²) in [6.45, 7) is 4.55. The van der Waals surface area contributed by atoms with Crippen LogP contribution in [0.5, 0.6) is 5.75 Å². The molecule has 1 N–H and O–H groups in total. The highest BCUT2D eigenvalue weighted by atomic mass is 16.5. The molecule has 0 aliphatic carbocycles. The third-order valence-electron chi connectivity index (χ3n) is 2.68. The third-order valence-corrected chi connectivity index (χ3v) is 2.68. The van der Waals surface area contributed by atoms with Crippen molar-refractivity contribution in [3.8, 4) is 5.75 Å². The monoisotopic (exact) mass is 265 g/mol. The molecule has 1 rings (SSSR count). The van der Waals surface area contributed by atoms with Crippen molar-refractivity contribution in [1.29, 1.82) is 0 Å². The first-order chi connectivity index (χ1) is 9.26. The molecule has 19 heavy (non-hydrogen) atoms. The summed E-state index contributed by atoms with van der Waals surface area (Å²) in [7, 11) is 1.40. The molecular formula is C15H23NO3. The quantitative estimate of drug-likeness (QED) is 0.550. The molecule has 0 unspecified atom stereocenters. The standard InChI is InChI=1S/C15H23NO3/c1-3-9-16-12-13-6-4-7-14(11-13)19-10-5-8-15(17)18-2/h4,6-7,11,16H,3,5,8-10,12H2,1-2H3. The average molecular weight is 265 g/mol. The fraction of sp³-hybridized carbons (Fsp3) is 0.533. The van der Waals surface area contributed by atoms with Gasteiger partial charge in [0.25, 0.3) is 0 Å². The molecule has 0 aromatic heterocycles. The molecule has 0 bridgehead atoms. The molecular weight excluding hydrogens is 242 g/mol. The molecule has 0 fully saturated rings. The Bertz CT molecular complexity index is 379. The second-order valence-corrected chi connectivity index (χ2v) is 4.35. The Morgan fingerprint density at radius 3 is 2.95 bits per heavy atom. The number of benzene rings is 1. The van der Waals surface area contributed by atoms with E-state index in [-0.39, 0.29) is 5.97 Å². The number of ether oxygens (including phenoxy) is 2. The highest BCUT2D eigenvalue weighted by Crippen LogP contribution is 2.13. The summed E-state index contributed by atoms with van der Waals surface area (Å²) in [6, 6.07) is 8.02. The van der Waals surface area contributed by atoms with Crippen LogP contribution in [0.4, 0.5) is 0 Å². The Morgan fingerprint density at radius 1 is 1.37 bits per heavy atom. The number of nitrogens with one attached hydrogen (secondary N) is 1.